The minimum Gasteiger partial charge on any atom is -0.298 e. The van der Waals surface area contributed by atoms with E-state index in [-0.39, 0.29) is 17.9 Å². The van der Waals surface area contributed by atoms with Crippen LogP contribution in [0, 0.1) is 11.6 Å². The van der Waals surface area contributed by atoms with Crippen LogP contribution in [0.1, 0.15) is 30.6 Å². The first kappa shape index (κ1) is 16.0. The van der Waals surface area contributed by atoms with E-state index in [0.29, 0.717) is 6.04 Å². The molecule has 5 heteroatoms. The zero-order chi connectivity index (χ0) is 15.4. The van der Waals surface area contributed by atoms with Crippen molar-refractivity contribution >= 4 is 5.78 Å². The van der Waals surface area contributed by atoms with E-state index in [1.807, 2.05) is 4.90 Å². The molecule has 1 fully saturated rings. The summed E-state index contributed by atoms with van der Waals surface area (Å²) in [7, 11) is 0. The molecule has 2 rings (SSSR count). The summed E-state index contributed by atoms with van der Waals surface area (Å²) in [5.74, 6) is -1.59. The van der Waals surface area contributed by atoms with Crippen molar-refractivity contribution < 1.29 is 13.6 Å². The molecule has 3 nitrogen and oxygen atoms in total. The first-order chi connectivity index (χ1) is 10.0. The number of carbonyl (C=O) groups excluding carboxylic acids is 1. The predicted octanol–water partition coefficient (Wildman–Crippen LogP) is 2.56. The van der Waals surface area contributed by atoms with E-state index in [1.165, 1.54) is 0 Å². The number of carbonyl (C=O) groups is 1. The smallest absolute Gasteiger partial charge is 0.179 e. The lowest BCUT2D eigenvalue weighted by atomic mass is 10.1. The van der Waals surface area contributed by atoms with Gasteiger partial charge in [0.25, 0.3) is 0 Å². The van der Waals surface area contributed by atoms with Crippen LogP contribution < -0.4 is 0 Å². The Hall–Kier alpha value is -1.33. The van der Waals surface area contributed by atoms with Gasteiger partial charge in [-0.2, -0.15) is 0 Å². The molecule has 1 aliphatic heterocycles. The first-order valence-corrected chi connectivity index (χ1v) is 7.46. The van der Waals surface area contributed by atoms with Crippen LogP contribution in [0.3, 0.4) is 0 Å². The monoisotopic (exact) mass is 296 g/mol. The number of Topliss-reactive ketones (excluding diaryl/α,β-unsaturated/α-hetero) is 1. The van der Waals surface area contributed by atoms with Gasteiger partial charge in [0.05, 0.1) is 12.1 Å². The van der Waals surface area contributed by atoms with Gasteiger partial charge in [0.15, 0.2) is 5.78 Å². The van der Waals surface area contributed by atoms with Gasteiger partial charge in [-0.1, -0.05) is 6.92 Å². The van der Waals surface area contributed by atoms with Crippen molar-refractivity contribution in [2.75, 3.05) is 32.7 Å². The number of nitrogens with zero attached hydrogens (tertiary/aromatic N) is 2. The largest absolute Gasteiger partial charge is 0.298 e. The van der Waals surface area contributed by atoms with Crippen LogP contribution in [0.15, 0.2) is 18.2 Å². The molecule has 0 saturated carbocycles. The van der Waals surface area contributed by atoms with Crippen molar-refractivity contribution in [2.24, 2.45) is 0 Å². The lowest BCUT2D eigenvalue weighted by Gasteiger charge is -2.37. The quantitative estimate of drug-likeness (QED) is 0.780. The molecule has 0 radical (unpaired) electrons. The molecule has 1 atom stereocenters. The molecule has 1 aromatic carbocycles. The zero-order valence-corrected chi connectivity index (χ0v) is 12.6. The molecule has 0 amide bonds. The average Bonchev–Trinajstić information content (AvgIpc) is 2.49. The van der Waals surface area contributed by atoms with Crippen LogP contribution in [-0.2, 0) is 0 Å². The molecule has 1 heterocycles. The van der Waals surface area contributed by atoms with Crippen LogP contribution in [0.2, 0.25) is 0 Å². The lowest BCUT2D eigenvalue weighted by molar-refractivity contribution is 0.0781. The van der Waals surface area contributed by atoms with Crippen molar-refractivity contribution in [3.8, 4) is 0 Å². The second-order valence-corrected chi connectivity index (χ2v) is 5.62. The molecule has 1 saturated heterocycles. The summed E-state index contributed by atoms with van der Waals surface area (Å²) in [6, 6.07) is 3.55. The molecular formula is C16H22F2N2O. The second kappa shape index (κ2) is 7.09. The maximum absolute atomic E-state index is 13.6. The Labute approximate surface area is 124 Å². The Balaban J connectivity index is 1.91. The number of ketones is 1. The number of benzene rings is 1. The first-order valence-electron chi connectivity index (χ1n) is 7.46. The highest BCUT2D eigenvalue weighted by atomic mass is 19.1. The molecule has 0 N–H and O–H groups in total. The maximum atomic E-state index is 13.6. The molecule has 0 aliphatic carbocycles. The van der Waals surface area contributed by atoms with Crippen LogP contribution >= 0.6 is 0 Å². The summed E-state index contributed by atoms with van der Waals surface area (Å²) in [4.78, 5) is 16.5. The fourth-order valence-electron chi connectivity index (χ4n) is 2.62. The Morgan fingerprint density at radius 2 is 1.90 bits per heavy atom. The Morgan fingerprint density at radius 3 is 2.52 bits per heavy atom. The average molecular weight is 296 g/mol. The third-order valence-corrected chi connectivity index (χ3v) is 4.22. The molecule has 0 spiro atoms. The normalized spacial score (nSPS) is 18.7. The standard InChI is InChI=1S/C16H22F2N2O/c1-3-12(2)20-8-6-19(7-9-20)11-16(21)14-10-13(17)4-5-15(14)18/h4-5,10,12H,3,6-9,11H2,1-2H3. The van der Waals surface area contributed by atoms with Gasteiger partial charge >= 0.3 is 0 Å². The van der Waals surface area contributed by atoms with Crippen LogP contribution in [0.25, 0.3) is 0 Å². The fourth-order valence-corrected chi connectivity index (χ4v) is 2.62. The highest BCUT2D eigenvalue weighted by Crippen LogP contribution is 2.13. The molecule has 0 bridgehead atoms. The van der Waals surface area contributed by atoms with E-state index in [4.69, 9.17) is 0 Å². The van der Waals surface area contributed by atoms with E-state index < -0.39 is 11.6 Å². The van der Waals surface area contributed by atoms with Gasteiger partial charge < -0.3 is 0 Å². The molecule has 1 aromatic rings. The second-order valence-electron chi connectivity index (χ2n) is 5.62. The SMILES string of the molecule is CCC(C)N1CCN(CC(=O)c2cc(F)ccc2F)CC1. The molecule has 1 aliphatic rings. The van der Waals surface area contributed by atoms with Crippen molar-refractivity contribution in [2.45, 2.75) is 26.3 Å². The van der Waals surface area contributed by atoms with Gasteiger partial charge in [-0.05, 0) is 31.5 Å². The van der Waals surface area contributed by atoms with E-state index in [2.05, 4.69) is 18.7 Å². The van der Waals surface area contributed by atoms with Crippen molar-refractivity contribution in [1.29, 1.82) is 0 Å². The summed E-state index contributed by atoms with van der Waals surface area (Å²) < 4.78 is 26.7. The van der Waals surface area contributed by atoms with Crippen molar-refractivity contribution in [3.63, 3.8) is 0 Å². The Bertz CT molecular complexity index is 499. The topological polar surface area (TPSA) is 23.6 Å². The third kappa shape index (κ3) is 4.08. The highest BCUT2D eigenvalue weighted by molar-refractivity contribution is 5.97. The van der Waals surface area contributed by atoms with E-state index >= 15 is 0 Å². The Morgan fingerprint density at radius 1 is 1.24 bits per heavy atom. The molecule has 0 aromatic heterocycles. The molecule has 116 valence electrons. The van der Waals surface area contributed by atoms with Crippen molar-refractivity contribution in [3.05, 3.63) is 35.4 Å². The molecular weight excluding hydrogens is 274 g/mol. The number of hydrogen-bond donors (Lipinski definition) is 0. The minimum absolute atomic E-state index is 0.148. The van der Waals surface area contributed by atoms with E-state index in [0.717, 1.165) is 50.8 Å². The van der Waals surface area contributed by atoms with Gasteiger partial charge in [-0.3, -0.25) is 14.6 Å². The van der Waals surface area contributed by atoms with Crippen LogP contribution in [0.5, 0.6) is 0 Å². The maximum Gasteiger partial charge on any atom is 0.179 e. The lowest BCUT2D eigenvalue weighted by Crippen LogP contribution is -2.50. The molecule has 1 unspecified atom stereocenters. The highest BCUT2D eigenvalue weighted by Gasteiger charge is 2.23. The fraction of sp³-hybridized carbons (Fsp3) is 0.562. The molecule has 21 heavy (non-hydrogen) atoms. The Kier molecular flexibility index (Phi) is 5.42. The van der Waals surface area contributed by atoms with Gasteiger partial charge in [0.2, 0.25) is 0 Å². The van der Waals surface area contributed by atoms with Crippen molar-refractivity contribution in [1.82, 2.24) is 9.80 Å². The number of hydrogen-bond acceptors (Lipinski definition) is 3. The van der Waals surface area contributed by atoms with Crippen LogP contribution in [-0.4, -0.2) is 54.3 Å². The van der Waals surface area contributed by atoms with Gasteiger partial charge in [-0.25, -0.2) is 8.78 Å². The zero-order valence-electron chi connectivity index (χ0n) is 12.6. The predicted molar refractivity (Wildman–Crippen MR) is 78.5 cm³/mol. The summed E-state index contributed by atoms with van der Waals surface area (Å²) in [5, 5.41) is 0. The minimum atomic E-state index is -0.653. The number of rotatable bonds is 5. The number of piperazine rings is 1. The van der Waals surface area contributed by atoms with E-state index in [1.54, 1.807) is 0 Å². The summed E-state index contributed by atoms with van der Waals surface area (Å²) >= 11 is 0. The summed E-state index contributed by atoms with van der Waals surface area (Å²) in [6.07, 6.45) is 1.10. The summed E-state index contributed by atoms with van der Waals surface area (Å²) in [5.41, 5.74) is -0.153. The third-order valence-electron chi connectivity index (χ3n) is 4.22. The van der Waals surface area contributed by atoms with Crippen LogP contribution in [0.4, 0.5) is 8.78 Å². The van der Waals surface area contributed by atoms with Gasteiger partial charge in [0, 0.05) is 32.2 Å². The van der Waals surface area contributed by atoms with Gasteiger partial charge in [0.1, 0.15) is 11.6 Å². The summed E-state index contributed by atoms with van der Waals surface area (Å²) in [6.45, 7) is 7.90. The van der Waals surface area contributed by atoms with E-state index in [9.17, 15) is 13.6 Å². The number of halogens is 2. The van der Waals surface area contributed by atoms with Gasteiger partial charge in [-0.15, -0.1) is 0 Å².